The average Bonchev–Trinajstić information content (AvgIpc) is 3.17. The number of hydrogen-bond acceptors (Lipinski definition) is 5. The topological polar surface area (TPSA) is 76.5 Å². The number of nitrogens with one attached hydrogen (secondary N) is 1. The third-order valence-corrected chi connectivity index (χ3v) is 4.71. The maximum Gasteiger partial charge on any atom is 0.354 e. The first-order chi connectivity index (χ1) is 12.6. The van der Waals surface area contributed by atoms with Crippen molar-refractivity contribution in [2.75, 3.05) is 31.6 Å². The highest BCUT2D eigenvalue weighted by molar-refractivity contribution is 5.93. The van der Waals surface area contributed by atoms with Crippen molar-refractivity contribution in [2.45, 2.75) is 25.8 Å². The fourth-order valence-electron chi connectivity index (χ4n) is 3.38. The molecule has 7 nitrogen and oxygen atoms in total. The molecule has 0 bridgehead atoms. The normalized spacial score (nSPS) is 14.9. The van der Waals surface area contributed by atoms with Gasteiger partial charge in [-0.15, -0.1) is 0 Å². The Kier molecular flexibility index (Phi) is 5.55. The number of pyridine rings is 1. The molecule has 0 spiro atoms. The summed E-state index contributed by atoms with van der Waals surface area (Å²) < 4.78 is 6.87. The number of aromatic nitrogens is 2. The van der Waals surface area contributed by atoms with E-state index in [2.05, 4.69) is 15.2 Å². The van der Waals surface area contributed by atoms with Gasteiger partial charge in [-0.05, 0) is 44.0 Å². The van der Waals surface area contributed by atoms with Gasteiger partial charge in [0.1, 0.15) is 11.4 Å². The molecule has 3 heterocycles. The van der Waals surface area contributed by atoms with Gasteiger partial charge >= 0.3 is 5.97 Å². The van der Waals surface area contributed by atoms with Crippen molar-refractivity contribution in [3.63, 3.8) is 0 Å². The number of piperidine rings is 1. The number of carbonyl (C=O) groups is 2. The van der Waals surface area contributed by atoms with Gasteiger partial charge in [0, 0.05) is 43.8 Å². The standard InChI is InChI=1S/C19H24N4O3/c1-3-20-18(24)16-13-15(6-9-21-16)22-11-7-14(8-12-22)23-10-4-5-17(23)19(25)26-2/h4-6,9-10,13-14H,3,7-8,11-12H2,1-2H3,(H,20,24). The van der Waals surface area contributed by atoms with E-state index in [9.17, 15) is 9.59 Å². The molecule has 2 aromatic heterocycles. The molecule has 1 aliphatic heterocycles. The predicted octanol–water partition coefficient (Wildman–Crippen LogP) is 2.26. The van der Waals surface area contributed by atoms with Gasteiger partial charge in [-0.3, -0.25) is 9.78 Å². The number of carbonyl (C=O) groups excluding carboxylic acids is 2. The second-order valence-corrected chi connectivity index (χ2v) is 6.27. The second-order valence-electron chi connectivity index (χ2n) is 6.27. The number of hydrogen-bond donors (Lipinski definition) is 1. The van der Waals surface area contributed by atoms with Crippen LogP contribution in [0.2, 0.25) is 0 Å². The second kappa shape index (κ2) is 8.03. The van der Waals surface area contributed by atoms with E-state index in [1.165, 1.54) is 7.11 Å². The van der Waals surface area contributed by atoms with Gasteiger partial charge in [-0.1, -0.05) is 0 Å². The van der Waals surface area contributed by atoms with E-state index in [1.807, 2.05) is 35.9 Å². The van der Waals surface area contributed by atoms with Crippen molar-refractivity contribution in [1.29, 1.82) is 0 Å². The summed E-state index contributed by atoms with van der Waals surface area (Å²) in [5.74, 6) is -0.461. The number of rotatable bonds is 5. The third-order valence-electron chi connectivity index (χ3n) is 4.71. The molecule has 138 valence electrons. The van der Waals surface area contributed by atoms with Crippen LogP contribution in [0.25, 0.3) is 0 Å². The lowest BCUT2D eigenvalue weighted by Gasteiger charge is -2.34. The van der Waals surface area contributed by atoms with Crippen LogP contribution >= 0.6 is 0 Å². The van der Waals surface area contributed by atoms with Crippen molar-refractivity contribution in [1.82, 2.24) is 14.9 Å². The highest BCUT2D eigenvalue weighted by atomic mass is 16.5. The average molecular weight is 356 g/mol. The Morgan fingerprint density at radius 2 is 2.08 bits per heavy atom. The van der Waals surface area contributed by atoms with Crippen LogP contribution < -0.4 is 10.2 Å². The lowest BCUT2D eigenvalue weighted by atomic mass is 10.0. The molecule has 7 heteroatoms. The van der Waals surface area contributed by atoms with Crippen molar-refractivity contribution >= 4 is 17.6 Å². The number of nitrogens with zero attached hydrogens (tertiary/aromatic N) is 3. The van der Waals surface area contributed by atoms with Crippen LogP contribution in [0.3, 0.4) is 0 Å². The maximum absolute atomic E-state index is 12.0. The van der Waals surface area contributed by atoms with Gasteiger partial charge in [-0.2, -0.15) is 0 Å². The summed E-state index contributed by atoms with van der Waals surface area (Å²) in [5, 5.41) is 2.77. The number of methoxy groups -OCH3 is 1. The summed E-state index contributed by atoms with van der Waals surface area (Å²) in [4.78, 5) is 30.3. The summed E-state index contributed by atoms with van der Waals surface area (Å²) in [6.07, 6.45) is 5.44. The fourth-order valence-corrected chi connectivity index (χ4v) is 3.38. The monoisotopic (exact) mass is 356 g/mol. The fraction of sp³-hybridized carbons (Fsp3) is 0.421. The van der Waals surface area contributed by atoms with Gasteiger partial charge in [0.15, 0.2) is 0 Å². The Labute approximate surface area is 153 Å². The SMILES string of the molecule is CCNC(=O)c1cc(N2CCC(n3cccc3C(=O)OC)CC2)ccn1. The van der Waals surface area contributed by atoms with Crippen molar-refractivity contribution < 1.29 is 14.3 Å². The molecule has 0 saturated carbocycles. The summed E-state index contributed by atoms with van der Waals surface area (Å²) in [5.41, 5.74) is 2.03. The molecular formula is C19H24N4O3. The zero-order valence-corrected chi connectivity index (χ0v) is 15.1. The van der Waals surface area contributed by atoms with E-state index in [0.29, 0.717) is 17.9 Å². The van der Waals surface area contributed by atoms with Crippen LogP contribution in [0.4, 0.5) is 5.69 Å². The van der Waals surface area contributed by atoms with Crippen LogP contribution in [0.15, 0.2) is 36.7 Å². The highest BCUT2D eigenvalue weighted by Crippen LogP contribution is 2.28. The zero-order chi connectivity index (χ0) is 18.5. The van der Waals surface area contributed by atoms with Crippen LogP contribution in [0.5, 0.6) is 0 Å². The van der Waals surface area contributed by atoms with Gasteiger partial charge in [-0.25, -0.2) is 4.79 Å². The summed E-state index contributed by atoms with van der Waals surface area (Å²) in [6, 6.07) is 7.69. The van der Waals surface area contributed by atoms with E-state index in [-0.39, 0.29) is 17.9 Å². The lowest BCUT2D eigenvalue weighted by molar-refractivity contribution is 0.0584. The number of anilines is 1. The molecule has 1 saturated heterocycles. The summed E-state index contributed by atoms with van der Waals surface area (Å²) in [7, 11) is 1.40. The highest BCUT2D eigenvalue weighted by Gasteiger charge is 2.24. The molecule has 2 aromatic rings. The first-order valence-corrected chi connectivity index (χ1v) is 8.88. The molecule has 26 heavy (non-hydrogen) atoms. The molecule has 1 N–H and O–H groups in total. The molecule has 1 amide bonds. The maximum atomic E-state index is 12.0. The molecule has 0 radical (unpaired) electrons. The number of esters is 1. The minimum Gasteiger partial charge on any atom is -0.464 e. The van der Waals surface area contributed by atoms with Crippen molar-refractivity contribution in [3.8, 4) is 0 Å². The Balaban J connectivity index is 1.68. The quantitative estimate of drug-likeness (QED) is 0.832. The van der Waals surface area contributed by atoms with Crippen LogP contribution in [0, 0.1) is 0 Å². The van der Waals surface area contributed by atoms with Gasteiger partial charge in [0.25, 0.3) is 5.91 Å². The predicted molar refractivity (Wildman–Crippen MR) is 98.5 cm³/mol. The Bertz CT molecular complexity index is 779. The van der Waals surface area contributed by atoms with Gasteiger partial charge in [0.05, 0.1) is 7.11 Å². The zero-order valence-electron chi connectivity index (χ0n) is 15.1. The largest absolute Gasteiger partial charge is 0.464 e. The van der Waals surface area contributed by atoms with Crippen LogP contribution in [-0.2, 0) is 4.74 Å². The van der Waals surface area contributed by atoms with Gasteiger partial charge in [0.2, 0.25) is 0 Å². The molecule has 0 aliphatic carbocycles. The number of amides is 1. The van der Waals surface area contributed by atoms with Crippen molar-refractivity contribution in [2.24, 2.45) is 0 Å². The minimum atomic E-state index is -0.307. The third kappa shape index (κ3) is 3.71. The summed E-state index contributed by atoms with van der Waals surface area (Å²) in [6.45, 7) is 4.16. The summed E-state index contributed by atoms with van der Waals surface area (Å²) >= 11 is 0. The van der Waals surface area contributed by atoms with E-state index < -0.39 is 0 Å². The van der Waals surface area contributed by atoms with Crippen LogP contribution in [-0.4, -0.2) is 48.2 Å². The molecule has 3 rings (SSSR count). The van der Waals surface area contributed by atoms with Gasteiger partial charge < -0.3 is 19.5 Å². The Morgan fingerprint density at radius 1 is 1.31 bits per heavy atom. The van der Waals surface area contributed by atoms with Crippen LogP contribution in [0.1, 0.15) is 46.8 Å². The first-order valence-electron chi connectivity index (χ1n) is 8.88. The molecule has 1 aliphatic rings. The molecule has 0 unspecified atom stereocenters. The van der Waals surface area contributed by atoms with Crippen molar-refractivity contribution in [3.05, 3.63) is 48.0 Å². The van der Waals surface area contributed by atoms with E-state index in [0.717, 1.165) is 31.6 Å². The van der Waals surface area contributed by atoms with E-state index in [1.54, 1.807) is 12.3 Å². The minimum absolute atomic E-state index is 0.153. The number of ether oxygens (including phenoxy) is 1. The first kappa shape index (κ1) is 18.0. The lowest BCUT2D eigenvalue weighted by Crippen LogP contribution is -2.35. The molecule has 0 aromatic carbocycles. The molecular weight excluding hydrogens is 332 g/mol. The molecule has 0 atom stereocenters. The van der Waals surface area contributed by atoms with E-state index >= 15 is 0 Å². The van der Waals surface area contributed by atoms with E-state index in [4.69, 9.17) is 4.74 Å². The molecule has 1 fully saturated rings. The Morgan fingerprint density at radius 3 is 2.77 bits per heavy atom. The Hall–Kier alpha value is -2.83. The smallest absolute Gasteiger partial charge is 0.354 e.